The highest BCUT2D eigenvalue weighted by atomic mass is 14.8. The molecule has 1 atom stereocenters. The Morgan fingerprint density at radius 2 is 1.94 bits per heavy atom. The molecular weight excluding hydrogens is 210 g/mol. The Morgan fingerprint density at radius 3 is 2.59 bits per heavy atom. The maximum Gasteiger partial charge on any atom is 0.128 e. The molecule has 4 N–H and O–H groups in total. The summed E-state index contributed by atoms with van der Waals surface area (Å²) in [7, 11) is 0. The van der Waals surface area contributed by atoms with Crippen LogP contribution in [0.15, 0.2) is 12.3 Å². The van der Waals surface area contributed by atoms with Crippen LogP contribution in [0.2, 0.25) is 0 Å². The average molecular weight is 233 g/mol. The predicted octanol–water partition coefficient (Wildman–Crippen LogP) is 2.80. The van der Waals surface area contributed by atoms with Gasteiger partial charge in [-0.2, -0.15) is 0 Å². The summed E-state index contributed by atoms with van der Waals surface area (Å²) < 4.78 is 0. The number of aromatic nitrogens is 1. The Hall–Kier alpha value is -1.09. The minimum atomic E-state index is 0.0508. The van der Waals surface area contributed by atoms with Gasteiger partial charge in [0.15, 0.2) is 0 Å². The number of hydrogen-bond acceptors (Lipinski definition) is 3. The van der Waals surface area contributed by atoms with Gasteiger partial charge in [-0.25, -0.2) is 4.98 Å². The van der Waals surface area contributed by atoms with Crippen molar-refractivity contribution in [2.45, 2.75) is 45.6 Å². The van der Waals surface area contributed by atoms with Gasteiger partial charge in [0.05, 0.1) is 0 Å². The lowest BCUT2D eigenvalue weighted by Crippen LogP contribution is -2.26. The first kappa shape index (κ1) is 12.4. The summed E-state index contributed by atoms with van der Waals surface area (Å²) in [4.78, 5) is 4.21. The van der Waals surface area contributed by atoms with E-state index in [-0.39, 0.29) is 6.04 Å². The maximum atomic E-state index is 6.36. The first-order valence-corrected chi connectivity index (χ1v) is 6.55. The Labute approximate surface area is 104 Å². The highest BCUT2D eigenvalue weighted by Gasteiger charge is 2.26. The number of pyridine rings is 1. The fraction of sp³-hybridized carbons (Fsp3) is 0.643. The van der Waals surface area contributed by atoms with Crippen LogP contribution in [0.3, 0.4) is 0 Å². The van der Waals surface area contributed by atoms with E-state index in [1.165, 1.54) is 25.7 Å². The second kappa shape index (κ2) is 5.05. The molecular formula is C14H23N3. The molecule has 17 heavy (non-hydrogen) atoms. The first-order valence-electron chi connectivity index (χ1n) is 6.55. The van der Waals surface area contributed by atoms with E-state index < -0.39 is 0 Å². The van der Waals surface area contributed by atoms with Crippen LogP contribution in [0.1, 0.15) is 49.8 Å². The zero-order chi connectivity index (χ0) is 12.4. The molecule has 3 nitrogen and oxygen atoms in total. The predicted molar refractivity (Wildman–Crippen MR) is 71.4 cm³/mol. The van der Waals surface area contributed by atoms with Gasteiger partial charge in [-0.3, -0.25) is 0 Å². The summed E-state index contributed by atoms with van der Waals surface area (Å²) in [5.41, 5.74) is 14.5. The van der Waals surface area contributed by atoms with Crippen LogP contribution in [0, 0.1) is 18.8 Å². The van der Waals surface area contributed by atoms with Gasteiger partial charge >= 0.3 is 0 Å². The van der Waals surface area contributed by atoms with Gasteiger partial charge in [0.1, 0.15) is 5.82 Å². The van der Waals surface area contributed by atoms with Gasteiger partial charge in [0.25, 0.3) is 0 Å². The van der Waals surface area contributed by atoms with Crippen LogP contribution in [0.5, 0.6) is 0 Å². The summed E-state index contributed by atoms with van der Waals surface area (Å²) in [5.74, 6) is 2.02. The molecule has 0 bridgehead atoms. The second-order valence-electron chi connectivity index (χ2n) is 5.53. The zero-order valence-electron chi connectivity index (χ0n) is 10.8. The molecule has 3 heteroatoms. The molecule has 1 unspecified atom stereocenters. The molecule has 1 aromatic rings. The lowest BCUT2D eigenvalue weighted by atomic mass is 9.77. The Balaban J connectivity index is 2.13. The van der Waals surface area contributed by atoms with Gasteiger partial charge in [-0.1, -0.05) is 19.8 Å². The van der Waals surface area contributed by atoms with E-state index in [0.29, 0.717) is 11.7 Å². The van der Waals surface area contributed by atoms with E-state index in [0.717, 1.165) is 17.0 Å². The SMILES string of the molecule is Cc1cnc(N)c(C(N)C2CCC(C)CC2)c1. The molecule has 2 rings (SSSR count). The molecule has 1 heterocycles. The molecule has 0 spiro atoms. The number of aryl methyl sites for hydroxylation is 1. The zero-order valence-corrected chi connectivity index (χ0v) is 10.8. The van der Waals surface area contributed by atoms with Crippen molar-refractivity contribution in [1.82, 2.24) is 4.98 Å². The van der Waals surface area contributed by atoms with E-state index in [2.05, 4.69) is 18.0 Å². The summed E-state index contributed by atoms with van der Waals surface area (Å²) >= 11 is 0. The van der Waals surface area contributed by atoms with E-state index in [4.69, 9.17) is 11.5 Å². The van der Waals surface area contributed by atoms with Crippen molar-refractivity contribution in [1.29, 1.82) is 0 Å². The van der Waals surface area contributed by atoms with Crippen molar-refractivity contribution >= 4 is 5.82 Å². The largest absolute Gasteiger partial charge is 0.383 e. The molecule has 0 saturated heterocycles. The lowest BCUT2D eigenvalue weighted by Gasteiger charge is -2.31. The number of rotatable bonds is 2. The molecule has 0 aromatic carbocycles. The molecule has 0 aliphatic heterocycles. The standard InChI is InChI=1S/C14H23N3/c1-9-3-5-11(6-4-9)13(15)12-7-10(2)8-17-14(12)16/h7-9,11,13H,3-6,15H2,1-2H3,(H2,16,17). The normalized spacial score (nSPS) is 26.8. The Kier molecular flexibility index (Phi) is 3.67. The summed E-state index contributed by atoms with van der Waals surface area (Å²) in [6.07, 6.45) is 6.81. The number of nitrogens with two attached hydrogens (primary N) is 2. The van der Waals surface area contributed by atoms with Crippen LogP contribution in [0.4, 0.5) is 5.82 Å². The van der Waals surface area contributed by atoms with Gasteiger partial charge in [-0.05, 0) is 43.2 Å². The van der Waals surface area contributed by atoms with Crippen LogP contribution in [-0.4, -0.2) is 4.98 Å². The monoisotopic (exact) mass is 233 g/mol. The third-order valence-corrected chi connectivity index (χ3v) is 4.01. The van der Waals surface area contributed by atoms with Crippen LogP contribution in [-0.2, 0) is 0 Å². The minimum absolute atomic E-state index is 0.0508. The number of nitrogens with zero attached hydrogens (tertiary/aromatic N) is 1. The summed E-state index contributed by atoms with van der Waals surface area (Å²) in [6.45, 7) is 4.36. The van der Waals surface area contributed by atoms with Gasteiger partial charge in [0.2, 0.25) is 0 Å². The van der Waals surface area contributed by atoms with E-state index in [1.807, 2.05) is 6.92 Å². The van der Waals surface area contributed by atoms with E-state index in [9.17, 15) is 0 Å². The fourth-order valence-corrected chi connectivity index (χ4v) is 2.77. The fourth-order valence-electron chi connectivity index (χ4n) is 2.77. The van der Waals surface area contributed by atoms with Gasteiger partial charge in [0, 0.05) is 17.8 Å². The number of hydrogen-bond donors (Lipinski definition) is 2. The summed E-state index contributed by atoms with van der Waals surface area (Å²) in [6, 6.07) is 2.14. The van der Waals surface area contributed by atoms with Crippen molar-refractivity contribution in [3.05, 3.63) is 23.4 Å². The second-order valence-corrected chi connectivity index (χ2v) is 5.53. The van der Waals surface area contributed by atoms with Crippen LogP contribution < -0.4 is 11.5 Å². The maximum absolute atomic E-state index is 6.36. The quantitative estimate of drug-likeness (QED) is 0.825. The van der Waals surface area contributed by atoms with Crippen molar-refractivity contribution in [3.8, 4) is 0 Å². The molecule has 1 aliphatic rings. The molecule has 1 aliphatic carbocycles. The van der Waals surface area contributed by atoms with Crippen LogP contribution >= 0.6 is 0 Å². The highest BCUT2D eigenvalue weighted by molar-refractivity contribution is 5.43. The van der Waals surface area contributed by atoms with Gasteiger partial charge in [-0.15, -0.1) is 0 Å². The molecule has 0 amide bonds. The summed E-state index contributed by atoms with van der Waals surface area (Å²) in [5, 5.41) is 0. The minimum Gasteiger partial charge on any atom is -0.383 e. The van der Waals surface area contributed by atoms with E-state index >= 15 is 0 Å². The molecule has 1 fully saturated rings. The van der Waals surface area contributed by atoms with Crippen molar-refractivity contribution < 1.29 is 0 Å². The number of nitrogen functional groups attached to an aromatic ring is 1. The van der Waals surface area contributed by atoms with Crippen molar-refractivity contribution in [2.24, 2.45) is 17.6 Å². The lowest BCUT2D eigenvalue weighted by molar-refractivity contribution is 0.256. The highest BCUT2D eigenvalue weighted by Crippen LogP contribution is 2.36. The molecule has 1 aromatic heterocycles. The van der Waals surface area contributed by atoms with Crippen molar-refractivity contribution in [2.75, 3.05) is 5.73 Å². The Morgan fingerprint density at radius 1 is 1.29 bits per heavy atom. The third kappa shape index (κ3) is 2.78. The topological polar surface area (TPSA) is 64.9 Å². The van der Waals surface area contributed by atoms with Crippen molar-refractivity contribution in [3.63, 3.8) is 0 Å². The Bertz CT molecular complexity index is 381. The first-order chi connectivity index (χ1) is 8.08. The van der Waals surface area contributed by atoms with E-state index in [1.54, 1.807) is 6.20 Å². The molecule has 1 saturated carbocycles. The molecule has 94 valence electrons. The van der Waals surface area contributed by atoms with Crippen LogP contribution in [0.25, 0.3) is 0 Å². The third-order valence-electron chi connectivity index (χ3n) is 4.01. The number of anilines is 1. The average Bonchev–Trinajstić information content (AvgIpc) is 2.32. The smallest absolute Gasteiger partial charge is 0.128 e. The molecule has 0 radical (unpaired) electrons. The van der Waals surface area contributed by atoms with Gasteiger partial charge < -0.3 is 11.5 Å².